The SMILES string of the molecule is CNCc1ccc(Oc2ccc(Cl)c(Cl)c2)cc1Br. The lowest BCUT2D eigenvalue weighted by Gasteiger charge is -2.09. The van der Waals surface area contributed by atoms with Crippen LogP contribution in [0.3, 0.4) is 0 Å². The predicted octanol–water partition coefficient (Wildman–Crippen LogP) is 5.27. The van der Waals surface area contributed by atoms with Gasteiger partial charge in [0.2, 0.25) is 0 Å². The van der Waals surface area contributed by atoms with E-state index in [2.05, 4.69) is 21.2 Å². The quantitative estimate of drug-likeness (QED) is 0.802. The minimum Gasteiger partial charge on any atom is -0.457 e. The first kappa shape index (κ1) is 14.7. The van der Waals surface area contributed by atoms with Crippen LogP contribution in [-0.4, -0.2) is 7.05 Å². The molecule has 0 amide bonds. The molecule has 0 aliphatic rings. The average Bonchev–Trinajstić information content (AvgIpc) is 2.37. The van der Waals surface area contributed by atoms with Crippen molar-refractivity contribution >= 4 is 39.1 Å². The molecule has 0 aliphatic heterocycles. The summed E-state index contributed by atoms with van der Waals surface area (Å²) in [5.41, 5.74) is 1.17. The summed E-state index contributed by atoms with van der Waals surface area (Å²) in [4.78, 5) is 0. The number of benzene rings is 2. The maximum Gasteiger partial charge on any atom is 0.129 e. The van der Waals surface area contributed by atoms with Gasteiger partial charge in [0.05, 0.1) is 10.0 Å². The molecule has 0 radical (unpaired) electrons. The molecule has 0 saturated carbocycles. The number of ether oxygens (including phenoxy) is 1. The Morgan fingerprint density at radius 3 is 2.37 bits per heavy atom. The summed E-state index contributed by atoms with van der Waals surface area (Å²) >= 11 is 15.3. The summed E-state index contributed by atoms with van der Waals surface area (Å²) in [6.07, 6.45) is 0. The number of nitrogens with one attached hydrogen (secondary N) is 1. The summed E-state index contributed by atoms with van der Waals surface area (Å²) in [5.74, 6) is 1.40. The van der Waals surface area contributed by atoms with Crippen LogP contribution in [0, 0.1) is 0 Å². The topological polar surface area (TPSA) is 21.3 Å². The highest BCUT2D eigenvalue weighted by atomic mass is 79.9. The lowest BCUT2D eigenvalue weighted by molar-refractivity contribution is 0.482. The number of hydrogen-bond acceptors (Lipinski definition) is 2. The van der Waals surface area contributed by atoms with E-state index in [4.69, 9.17) is 27.9 Å². The van der Waals surface area contributed by atoms with Crippen molar-refractivity contribution in [3.05, 3.63) is 56.5 Å². The molecule has 2 aromatic rings. The Balaban J connectivity index is 2.19. The van der Waals surface area contributed by atoms with Crippen molar-refractivity contribution in [2.75, 3.05) is 7.05 Å². The predicted molar refractivity (Wildman–Crippen MR) is 83.4 cm³/mol. The van der Waals surface area contributed by atoms with Crippen LogP contribution in [0.2, 0.25) is 10.0 Å². The van der Waals surface area contributed by atoms with E-state index in [0.717, 1.165) is 16.8 Å². The van der Waals surface area contributed by atoms with E-state index >= 15 is 0 Å². The Morgan fingerprint density at radius 2 is 1.74 bits per heavy atom. The Bertz CT molecular complexity index is 590. The number of hydrogen-bond donors (Lipinski definition) is 1. The molecule has 100 valence electrons. The van der Waals surface area contributed by atoms with Crippen molar-refractivity contribution in [3.63, 3.8) is 0 Å². The van der Waals surface area contributed by atoms with Crippen LogP contribution in [0.1, 0.15) is 5.56 Å². The zero-order valence-corrected chi connectivity index (χ0v) is 13.3. The van der Waals surface area contributed by atoms with Gasteiger partial charge in [-0.15, -0.1) is 0 Å². The zero-order valence-electron chi connectivity index (χ0n) is 10.2. The maximum absolute atomic E-state index is 5.95. The third-order valence-corrected chi connectivity index (χ3v) is 4.00. The molecule has 0 aliphatic carbocycles. The Kier molecular flexibility index (Phi) is 5.11. The average molecular weight is 361 g/mol. The van der Waals surface area contributed by atoms with E-state index in [9.17, 15) is 0 Å². The third kappa shape index (κ3) is 3.86. The van der Waals surface area contributed by atoms with Crippen LogP contribution in [0.25, 0.3) is 0 Å². The molecule has 2 nitrogen and oxygen atoms in total. The fourth-order valence-electron chi connectivity index (χ4n) is 1.60. The minimum absolute atomic E-state index is 0.477. The van der Waals surface area contributed by atoms with Gasteiger partial charge in [0, 0.05) is 17.1 Å². The van der Waals surface area contributed by atoms with E-state index in [1.807, 2.05) is 25.2 Å². The van der Waals surface area contributed by atoms with Crippen molar-refractivity contribution in [1.29, 1.82) is 0 Å². The van der Waals surface area contributed by atoms with Gasteiger partial charge in [-0.1, -0.05) is 45.2 Å². The molecular formula is C14H12BrCl2NO. The van der Waals surface area contributed by atoms with E-state index in [0.29, 0.717) is 15.8 Å². The standard InChI is InChI=1S/C14H12BrCl2NO/c1-18-8-9-2-3-10(6-12(9)15)19-11-4-5-13(16)14(17)7-11/h2-7,18H,8H2,1H3. The lowest BCUT2D eigenvalue weighted by Crippen LogP contribution is -2.05. The summed E-state index contributed by atoms with van der Waals surface area (Å²) in [5, 5.41) is 4.10. The summed E-state index contributed by atoms with van der Waals surface area (Å²) in [6.45, 7) is 0.799. The van der Waals surface area contributed by atoms with Gasteiger partial charge in [-0.2, -0.15) is 0 Å². The monoisotopic (exact) mass is 359 g/mol. The van der Waals surface area contributed by atoms with Gasteiger partial charge in [0.1, 0.15) is 11.5 Å². The second-order valence-corrected chi connectivity index (χ2v) is 5.63. The van der Waals surface area contributed by atoms with Crippen LogP contribution >= 0.6 is 39.1 Å². The number of rotatable bonds is 4. The molecular weight excluding hydrogens is 349 g/mol. The summed E-state index contributed by atoms with van der Waals surface area (Å²) in [6, 6.07) is 11.0. The van der Waals surface area contributed by atoms with Crippen LogP contribution in [0.4, 0.5) is 0 Å². The zero-order chi connectivity index (χ0) is 13.8. The smallest absolute Gasteiger partial charge is 0.129 e. The maximum atomic E-state index is 5.95. The minimum atomic E-state index is 0.477. The molecule has 0 fully saturated rings. The highest BCUT2D eigenvalue weighted by Crippen LogP contribution is 2.31. The highest BCUT2D eigenvalue weighted by molar-refractivity contribution is 9.10. The fourth-order valence-corrected chi connectivity index (χ4v) is 2.39. The first-order chi connectivity index (χ1) is 9.10. The van der Waals surface area contributed by atoms with Crippen molar-refractivity contribution < 1.29 is 4.74 Å². The largest absolute Gasteiger partial charge is 0.457 e. The first-order valence-electron chi connectivity index (χ1n) is 5.66. The van der Waals surface area contributed by atoms with E-state index in [1.54, 1.807) is 18.2 Å². The Morgan fingerprint density at radius 1 is 1.05 bits per heavy atom. The van der Waals surface area contributed by atoms with Crippen LogP contribution in [-0.2, 0) is 6.54 Å². The molecule has 1 N–H and O–H groups in total. The Labute approximate surface area is 130 Å². The number of halogens is 3. The summed E-state index contributed by atoms with van der Waals surface area (Å²) < 4.78 is 6.73. The van der Waals surface area contributed by atoms with E-state index in [1.165, 1.54) is 5.56 Å². The van der Waals surface area contributed by atoms with Gasteiger partial charge in [0.15, 0.2) is 0 Å². The van der Waals surface area contributed by atoms with Crippen molar-refractivity contribution in [2.45, 2.75) is 6.54 Å². The van der Waals surface area contributed by atoms with Gasteiger partial charge in [-0.3, -0.25) is 0 Å². The second-order valence-electron chi connectivity index (χ2n) is 3.96. The van der Waals surface area contributed by atoms with Crippen molar-refractivity contribution in [1.82, 2.24) is 5.32 Å². The molecule has 0 heterocycles. The lowest BCUT2D eigenvalue weighted by atomic mass is 10.2. The van der Waals surface area contributed by atoms with Crippen LogP contribution < -0.4 is 10.1 Å². The molecule has 2 aromatic carbocycles. The fraction of sp³-hybridized carbons (Fsp3) is 0.143. The van der Waals surface area contributed by atoms with Crippen LogP contribution in [0.5, 0.6) is 11.5 Å². The van der Waals surface area contributed by atoms with Crippen molar-refractivity contribution in [2.24, 2.45) is 0 Å². The second kappa shape index (κ2) is 6.62. The van der Waals surface area contributed by atoms with Gasteiger partial charge >= 0.3 is 0 Å². The van der Waals surface area contributed by atoms with Gasteiger partial charge in [0.25, 0.3) is 0 Å². The first-order valence-corrected chi connectivity index (χ1v) is 7.21. The van der Waals surface area contributed by atoms with Crippen molar-refractivity contribution in [3.8, 4) is 11.5 Å². The molecule has 2 rings (SSSR count). The van der Waals surface area contributed by atoms with Gasteiger partial charge in [-0.05, 0) is 36.9 Å². The highest BCUT2D eigenvalue weighted by Gasteiger charge is 2.04. The third-order valence-electron chi connectivity index (χ3n) is 2.52. The van der Waals surface area contributed by atoms with Gasteiger partial charge < -0.3 is 10.1 Å². The summed E-state index contributed by atoms with van der Waals surface area (Å²) in [7, 11) is 1.91. The van der Waals surface area contributed by atoms with E-state index < -0.39 is 0 Å². The van der Waals surface area contributed by atoms with E-state index in [-0.39, 0.29) is 0 Å². The molecule has 0 aromatic heterocycles. The Hall–Kier alpha value is -0.740. The van der Waals surface area contributed by atoms with Crippen LogP contribution in [0.15, 0.2) is 40.9 Å². The molecule has 19 heavy (non-hydrogen) atoms. The molecule has 0 bridgehead atoms. The molecule has 0 atom stereocenters. The molecule has 0 spiro atoms. The molecule has 5 heteroatoms. The molecule has 0 saturated heterocycles. The van der Waals surface area contributed by atoms with Gasteiger partial charge in [-0.25, -0.2) is 0 Å². The molecule has 0 unspecified atom stereocenters. The normalized spacial score (nSPS) is 10.5.